The van der Waals surface area contributed by atoms with E-state index < -0.39 is 16.1 Å². The van der Waals surface area contributed by atoms with E-state index >= 15 is 0 Å². The summed E-state index contributed by atoms with van der Waals surface area (Å²) >= 11 is -1.52. The van der Waals surface area contributed by atoms with Gasteiger partial charge in [-0.25, -0.2) is 15.0 Å². The fourth-order valence-electron chi connectivity index (χ4n) is 2.31. The average molecular weight is 413 g/mol. The Morgan fingerprint density at radius 1 is 1.24 bits per heavy atom. The number of nitrogens with zero attached hydrogens (tertiary/aromatic N) is 7. The first-order chi connectivity index (χ1) is 13.9. The molecule has 0 spiro atoms. The summed E-state index contributed by atoms with van der Waals surface area (Å²) in [5.41, 5.74) is 6.62. The molecule has 29 heavy (non-hydrogen) atoms. The van der Waals surface area contributed by atoms with Crippen LogP contribution in [-0.4, -0.2) is 42.7 Å². The topological polar surface area (TPSA) is 181 Å². The highest BCUT2D eigenvalue weighted by Crippen LogP contribution is 2.34. The third-order valence-electron chi connectivity index (χ3n) is 3.66. The minimum absolute atomic E-state index is 0.0369. The van der Waals surface area contributed by atoms with Crippen LogP contribution in [0.15, 0.2) is 51.9 Å². The van der Waals surface area contributed by atoms with Crippen LogP contribution in [0.5, 0.6) is 0 Å². The first-order valence-electron chi connectivity index (χ1n) is 8.06. The second kappa shape index (κ2) is 8.53. The minimum atomic E-state index is -1.52. The number of aromatic nitrogens is 4. The van der Waals surface area contributed by atoms with Gasteiger partial charge in [0, 0.05) is 25.5 Å². The van der Waals surface area contributed by atoms with Crippen LogP contribution in [0.1, 0.15) is 0 Å². The summed E-state index contributed by atoms with van der Waals surface area (Å²) < 4.78 is 12.0. The number of nitrogen functional groups attached to an aromatic ring is 1. The smallest absolute Gasteiger partial charge is 0.274 e. The lowest BCUT2D eigenvalue weighted by atomic mass is 10.3. The van der Waals surface area contributed by atoms with E-state index in [0.717, 1.165) is 0 Å². The molecular formula is C16H15N9O3S. The van der Waals surface area contributed by atoms with Crippen molar-refractivity contribution in [2.24, 2.45) is 10.2 Å². The van der Waals surface area contributed by atoms with Gasteiger partial charge >= 0.3 is 0 Å². The molecule has 0 fully saturated rings. The molecule has 1 atom stereocenters. The third-order valence-corrected chi connectivity index (χ3v) is 4.61. The first-order valence-corrected chi connectivity index (χ1v) is 9.61. The second-order valence-electron chi connectivity index (χ2n) is 5.53. The number of non-ortho nitro benzene ring substituents is 1. The average Bonchev–Trinajstić information content (AvgIpc) is 2.72. The van der Waals surface area contributed by atoms with Crippen molar-refractivity contribution in [3.05, 3.63) is 46.9 Å². The number of nitro benzene ring substituents is 1. The number of hydrogen-bond acceptors (Lipinski definition) is 11. The monoisotopic (exact) mass is 413 g/mol. The summed E-state index contributed by atoms with van der Waals surface area (Å²) in [5, 5.41) is 21.9. The number of azo groups is 1. The molecule has 1 unspecified atom stereocenters. The highest BCUT2D eigenvalue weighted by Gasteiger charge is 2.19. The fourth-order valence-corrected chi connectivity index (χ4v) is 3.00. The molecule has 13 heteroatoms. The van der Waals surface area contributed by atoms with Crippen molar-refractivity contribution >= 4 is 39.9 Å². The molecule has 0 saturated heterocycles. The molecule has 0 bridgehead atoms. The van der Waals surface area contributed by atoms with E-state index in [9.17, 15) is 14.7 Å². The molecule has 1 aromatic carbocycles. The van der Waals surface area contributed by atoms with Crippen molar-refractivity contribution in [2.75, 3.05) is 24.4 Å². The van der Waals surface area contributed by atoms with Crippen LogP contribution in [0.4, 0.5) is 28.7 Å². The normalized spacial score (nSPS) is 12.1. The van der Waals surface area contributed by atoms with Crippen LogP contribution in [0.25, 0.3) is 11.5 Å². The Bertz CT molecular complexity index is 1080. The molecule has 148 valence electrons. The summed E-state index contributed by atoms with van der Waals surface area (Å²) in [4.78, 5) is 27.1. The van der Waals surface area contributed by atoms with Gasteiger partial charge in [-0.3, -0.25) is 15.1 Å². The Labute approximate surface area is 167 Å². The fraction of sp³-hybridized carbons (Fsp3) is 0.125. The molecule has 0 aliphatic rings. The van der Waals surface area contributed by atoms with E-state index in [-0.39, 0.29) is 33.6 Å². The number of benzene rings is 1. The van der Waals surface area contributed by atoms with E-state index in [2.05, 4.69) is 35.5 Å². The standard InChI is InChI=1S/C16H15N9O3S/c1-18-16-13(14(17)21-15(22-16)11-8-19-5-6-20-11)24-23-10-4-3-9(25(26)27)7-12(10)29(2)28/h3-8H,1-2H3,(H3,17,18,21,22)/b24-23+. The van der Waals surface area contributed by atoms with Gasteiger partial charge in [-0.2, -0.15) is 0 Å². The lowest BCUT2D eigenvalue weighted by Crippen LogP contribution is -2.03. The van der Waals surface area contributed by atoms with Gasteiger partial charge in [-0.1, -0.05) is 0 Å². The molecule has 2 heterocycles. The molecule has 0 aliphatic heterocycles. The third kappa shape index (κ3) is 4.41. The number of hydrogen-bond donors (Lipinski definition) is 2. The Morgan fingerprint density at radius 3 is 2.66 bits per heavy atom. The maximum absolute atomic E-state index is 12.0. The van der Waals surface area contributed by atoms with Crippen LogP contribution in [0, 0.1) is 10.1 Å². The zero-order valence-electron chi connectivity index (χ0n) is 15.3. The van der Waals surface area contributed by atoms with Gasteiger partial charge < -0.3 is 15.6 Å². The second-order valence-corrected chi connectivity index (χ2v) is 6.88. The van der Waals surface area contributed by atoms with Crippen LogP contribution in [0.3, 0.4) is 0 Å². The van der Waals surface area contributed by atoms with Gasteiger partial charge in [0.2, 0.25) is 0 Å². The Kier molecular flexibility index (Phi) is 5.90. The van der Waals surface area contributed by atoms with E-state index in [1.54, 1.807) is 7.05 Å². The van der Waals surface area contributed by atoms with Crippen molar-refractivity contribution in [3.63, 3.8) is 0 Å². The number of nitrogens with one attached hydrogen (secondary N) is 1. The maximum atomic E-state index is 12.0. The van der Waals surface area contributed by atoms with Crippen LogP contribution >= 0.6 is 0 Å². The van der Waals surface area contributed by atoms with Crippen molar-refractivity contribution in [1.29, 1.82) is 0 Å². The maximum Gasteiger partial charge on any atom is 0.274 e. The van der Waals surface area contributed by atoms with Gasteiger partial charge in [0.1, 0.15) is 17.6 Å². The van der Waals surface area contributed by atoms with Crippen molar-refractivity contribution in [1.82, 2.24) is 19.9 Å². The molecule has 2 aromatic heterocycles. The highest BCUT2D eigenvalue weighted by molar-refractivity contribution is 7.90. The molecule has 3 N–H and O–H groups in total. The molecule has 3 rings (SSSR count). The van der Waals surface area contributed by atoms with Gasteiger partial charge in [-0.15, -0.1) is 10.2 Å². The lowest BCUT2D eigenvalue weighted by molar-refractivity contribution is -0.385. The zero-order chi connectivity index (χ0) is 21.0. The minimum Gasteiger partial charge on any atom is -0.612 e. The molecule has 3 aromatic rings. The van der Waals surface area contributed by atoms with Gasteiger partial charge in [0.05, 0.1) is 17.2 Å². The molecule has 0 amide bonds. The van der Waals surface area contributed by atoms with Gasteiger partial charge in [-0.05, 0) is 17.2 Å². The summed E-state index contributed by atoms with van der Waals surface area (Å²) in [6, 6.07) is 3.81. The summed E-state index contributed by atoms with van der Waals surface area (Å²) in [7, 11) is 1.62. The zero-order valence-corrected chi connectivity index (χ0v) is 16.1. The van der Waals surface area contributed by atoms with E-state index in [0.29, 0.717) is 11.5 Å². The summed E-state index contributed by atoms with van der Waals surface area (Å²) in [6.07, 6.45) is 5.91. The Morgan fingerprint density at radius 2 is 2.03 bits per heavy atom. The number of anilines is 2. The van der Waals surface area contributed by atoms with Crippen LogP contribution in [0.2, 0.25) is 0 Å². The van der Waals surface area contributed by atoms with Crippen molar-refractivity contribution < 1.29 is 9.48 Å². The predicted octanol–water partition coefficient (Wildman–Crippen LogP) is 2.62. The molecular weight excluding hydrogens is 398 g/mol. The first kappa shape index (κ1) is 20.0. The van der Waals surface area contributed by atoms with Crippen molar-refractivity contribution in [2.45, 2.75) is 4.90 Å². The summed E-state index contributed by atoms with van der Waals surface area (Å²) in [6.45, 7) is 0. The Balaban J connectivity index is 2.02. The van der Waals surface area contributed by atoms with E-state index in [1.807, 2.05) is 0 Å². The van der Waals surface area contributed by atoms with E-state index in [4.69, 9.17) is 5.73 Å². The predicted molar refractivity (Wildman–Crippen MR) is 107 cm³/mol. The van der Waals surface area contributed by atoms with Gasteiger partial charge in [0.25, 0.3) is 5.69 Å². The SMILES string of the molecule is CNc1nc(-c2cnccn2)nc(N)c1/N=N/c1ccc([N+](=O)[O-])cc1[S+](C)[O-]. The highest BCUT2D eigenvalue weighted by atomic mass is 32.2. The van der Waals surface area contributed by atoms with Crippen LogP contribution < -0.4 is 11.1 Å². The number of nitrogens with two attached hydrogens (primary N) is 1. The van der Waals surface area contributed by atoms with Crippen LogP contribution in [-0.2, 0) is 11.2 Å². The Hall–Kier alpha value is -3.71. The molecule has 0 saturated carbocycles. The van der Waals surface area contributed by atoms with E-state index in [1.165, 1.54) is 43.0 Å². The molecule has 0 aliphatic carbocycles. The largest absolute Gasteiger partial charge is 0.612 e. The summed E-state index contributed by atoms with van der Waals surface area (Å²) in [5.74, 6) is 0.586. The number of nitro groups is 1. The van der Waals surface area contributed by atoms with Gasteiger partial charge in [0.15, 0.2) is 28.0 Å². The van der Waals surface area contributed by atoms with Crippen molar-refractivity contribution in [3.8, 4) is 11.5 Å². The number of rotatable bonds is 6. The molecule has 0 radical (unpaired) electrons. The lowest BCUT2D eigenvalue weighted by Gasteiger charge is -2.09. The quantitative estimate of drug-likeness (QED) is 0.265. The molecule has 12 nitrogen and oxygen atoms in total.